The van der Waals surface area contributed by atoms with Crippen LogP contribution in [0.3, 0.4) is 0 Å². The Balaban J connectivity index is 1.43. The molecule has 1 amide bonds. The number of allylic oxidation sites excluding steroid dienone is 2. The second-order valence-electron chi connectivity index (χ2n) is 7.01. The number of fused-ring (bicyclic) bond motifs is 1. The fourth-order valence-corrected chi connectivity index (χ4v) is 3.53. The van der Waals surface area contributed by atoms with E-state index in [9.17, 15) is 4.79 Å². The van der Waals surface area contributed by atoms with Gasteiger partial charge in [-0.05, 0) is 25.3 Å². The maximum absolute atomic E-state index is 13.0. The summed E-state index contributed by atoms with van der Waals surface area (Å²) in [6.07, 6.45) is 10.2. The molecule has 8 heteroatoms. The van der Waals surface area contributed by atoms with Crippen LogP contribution in [0.1, 0.15) is 37.8 Å². The molecule has 0 fully saturated rings. The van der Waals surface area contributed by atoms with Crippen LogP contribution in [0.5, 0.6) is 6.01 Å². The van der Waals surface area contributed by atoms with Gasteiger partial charge in [0.2, 0.25) is 5.91 Å². The van der Waals surface area contributed by atoms with E-state index < -0.39 is 0 Å². The largest absolute Gasteiger partial charge is 0.455 e. The molecule has 136 valence electrons. The van der Waals surface area contributed by atoms with Gasteiger partial charge in [-0.25, -0.2) is 9.97 Å². The summed E-state index contributed by atoms with van der Waals surface area (Å²) in [6.45, 7) is 4.16. The first kappa shape index (κ1) is 16.7. The first-order chi connectivity index (χ1) is 12.7. The molecule has 1 atom stereocenters. The lowest BCUT2D eigenvalue weighted by Crippen LogP contribution is -2.46. The van der Waals surface area contributed by atoms with Crippen molar-refractivity contribution in [2.24, 2.45) is 5.41 Å². The number of rotatable bonds is 4. The monoisotopic (exact) mass is 354 g/mol. The van der Waals surface area contributed by atoms with Crippen LogP contribution in [0.25, 0.3) is 0 Å². The predicted molar refractivity (Wildman–Crippen MR) is 92.9 cm³/mol. The van der Waals surface area contributed by atoms with E-state index in [0.717, 1.165) is 30.9 Å². The van der Waals surface area contributed by atoms with E-state index in [0.29, 0.717) is 25.6 Å². The Bertz CT molecular complexity index is 818. The maximum atomic E-state index is 13.0. The van der Waals surface area contributed by atoms with Crippen molar-refractivity contribution in [1.29, 1.82) is 0 Å². The molecular formula is C18H22N6O2. The molecule has 2 aromatic rings. The lowest BCUT2D eigenvalue weighted by atomic mass is 9.77. The molecule has 26 heavy (non-hydrogen) atoms. The fourth-order valence-electron chi connectivity index (χ4n) is 3.53. The van der Waals surface area contributed by atoms with Gasteiger partial charge in [0.15, 0.2) is 18.3 Å². The number of amides is 1. The minimum absolute atomic E-state index is 0.214. The average molecular weight is 354 g/mol. The highest BCUT2D eigenvalue weighted by molar-refractivity contribution is 5.82. The minimum Gasteiger partial charge on any atom is -0.455 e. The molecule has 3 heterocycles. The smallest absolute Gasteiger partial charge is 0.316 e. The molecule has 4 rings (SSSR count). The molecule has 0 bridgehead atoms. The van der Waals surface area contributed by atoms with Gasteiger partial charge in [-0.3, -0.25) is 4.79 Å². The van der Waals surface area contributed by atoms with Crippen molar-refractivity contribution in [2.75, 3.05) is 6.54 Å². The Kier molecular flexibility index (Phi) is 4.40. The first-order valence-corrected chi connectivity index (χ1v) is 8.91. The second kappa shape index (κ2) is 6.86. The molecule has 0 aromatic carbocycles. The van der Waals surface area contributed by atoms with E-state index in [2.05, 4.69) is 39.2 Å². The van der Waals surface area contributed by atoms with Gasteiger partial charge in [0.1, 0.15) is 0 Å². The molecule has 0 spiro atoms. The van der Waals surface area contributed by atoms with Crippen LogP contribution in [0.4, 0.5) is 0 Å². The zero-order valence-corrected chi connectivity index (χ0v) is 14.8. The SMILES string of the molecule is CC1(C(=O)N2CCn3c(COc4ncccn4)nnc3C2)CC=CCC1. The summed E-state index contributed by atoms with van der Waals surface area (Å²) in [4.78, 5) is 23.0. The summed E-state index contributed by atoms with van der Waals surface area (Å²) in [7, 11) is 0. The number of aromatic nitrogens is 5. The predicted octanol–water partition coefficient (Wildman–Crippen LogP) is 1.74. The Morgan fingerprint density at radius 1 is 1.23 bits per heavy atom. The van der Waals surface area contributed by atoms with Crippen LogP contribution in [0, 0.1) is 5.41 Å². The van der Waals surface area contributed by atoms with Crippen molar-refractivity contribution in [2.45, 2.75) is 45.9 Å². The molecule has 1 aliphatic carbocycles. The first-order valence-electron chi connectivity index (χ1n) is 8.91. The molecule has 2 aliphatic rings. The Labute approximate surface area is 151 Å². The number of hydrogen-bond donors (Lipinski definition) is 0. The van der Waals surface area contributed by atoms with Crippen molar-refractivity contribution in [3.63, 3.8) is 0 Å². The normalized spacial score (nSPS) is 22.1. The summed E-state index contributed by atoms with van der Waals surface area (Å²) >= 11 is 0. The zero-order chi connectivity index (χ0) is 18.0. The highest BCUT2D eigenvalue weighted by Crippen LogP contribution is 2.35. The van der Waals surface area contributed by atoms with Gasteiger partial charge in [0.05, 0.1) is 12.0 Å². The van der Waals surface area contributed by atoms with Crippen molar-refractivity contribution in [3.8, 4) is 6.01 Å². The second-order valence-corrected chi connectivity index (χ2v) is 7.01. The van der Waals surface area contributed by atoms with Crippen molar-refractivity contribution in [1.82, 2.24) is 29.6 Å². The number of carbonyl (C=O) groups excluding carboxylic acids is 1. The van der Waals surface area contributed by atoms with Crippen LogP contribution >= 0.6 is 0 Å². The van der Waals surface area contributed by atoms with E-state index in [4.69, 9.17) is 4.74 Å². The lowest BCUT2D eigenvalue weighted by molar-refractivity contribution is -0.143. The van der Waals surface area contributed by atoms with Gasteiger partial charge in [0, 0.05) is 25.5 Å². The molecule has 1 unspecified atom stereocenters. The Morgan fingerprint density at radius 3 is 2.85 bits per heavy atom. The third kappa shape index (κ3) is 3.18. The van der Waals surface area contributed by atoms with E-state index in [-0.39, 0.29) is 17.9 Å². The molecule has 1 aliphatic heterocycles. The fraction of sp³-hybridized carbons (Fsp3) is 0.500. The zero-order valence-electron chi connectivity index (χ0n) is 14.8. The van der Waals surface area contributed by atoms with Gasteiger partial charge >= 0.3 is 6.01 Å². The molecule has 0 N–H and O–H groups in total. The van der Waals surface area contributed by atoms with E-state index in [1.165, 1.54) is 0 Å². The van der Waals surface area contributed by atoms with Crippen LogP contribution in [-0.4, -0.2) is 42.1 Å². The summed E-state index contributed by atoms with van der Waals surface area (Å²) in [6, 6.07) is 2.05. The average Bonchev–Trinajstić information content (AvgIpc) is 3.09. The summed E-state index contributed by atoms with van der Waals surface area (Å²) in [5.74, 6) is 1.74. The topological polar surface area (TPSA) is 86.0 Å². The van der Waals surface area contributed by atoms with Gasteiger partial charge in [-0.15, -0.1) is 10.2 Å². The molecule has 2 aromatic heterocycles. The molecule has 0 saturated heterocycles. The van der Waals surface area contributed by atoms with Crippen molar-refractivity contribution in [3.05, 3.63) is 42.3 Å². The highest BCUT2D eigenvalue weighted by Gasteiger charge is 2.38. The Hall–Kier alpha value is -2.77. The van der Waals surface area contributed by atoms with Gasteiger partial charge in [-0.1, -0.05) is 19.1 Å². The van der Waals surface area contributed by atoms with Crippen LogP contribution < -0.4 is 4.74 Å². The quantitative estimate of drug-likeness (QED) is 0.778. The molecular weight excluding hydrogens is 332 g/mol. The molecule has 8 nitrogen and oxygen atoms in total. The van der Waals surface area contributed by atoms with Crippen molar-refractivity contribution < 1.29 is 9.53 Å². The third-order valence-corrected chi connectivity index (χ3v) is 5.10. The number of ether oxygens (including phenoxy) is 1. The van der Waals surface area contributed by atoms with Gasteiger partial charge in [0.25, 0.3) is 0 Å². The van der Waals surface area contributed by atoms with Crippen LogP contribution in [-0.2, 0) is 24.5 Å². The number of hydrogen-bond acceptors (Lipinski definition) is 6. The Morgan fingerprint density at radius 2 is 2.08 bits per heavy atom. The summed E-state index contributed by atoms with van der Waals surface area (Å²) < 4.78 is 7.59. The highest BCUT2D eigenvalue weighted by atomic mass is 16.5. The third-order valence-electron chi connectivity index (χ3n) is 5.10. The van der Waals surface area contributed by atoms with E-state index in [1.807, 2.05) is 9.47 Å². The molecule has 0 saturated carbocycles. The summed E-state index contributed by atoms with van der Waals surface area (Å²) in [5, 5.41) is 8.47. The number of nitrogens with zero attached hydrogens (tertiary/aromatic N) is 6. The molecule has 0 radical (unpaired) electrons. The maximum Gasteiger partial charge on any atom is 0.316 e. The summed E-state index contributed by atoms with van der Waals surface area (Å²) in [5.41, 5.74) is -0.298. The number of carbonyl (C=O) groups is 1. The standard InChI is InChI=1S/C18H22N6O2/c1-18(6-3-2-4-7-18)16(25)23-10-11-24-14(12-23)21-22-15(24)13-26-17-19-8-5-9-20-17/h2-3,5,8-9H,4,6-7,10-13H2,1H3. The van der Waals surface area contributed by atoms with Crippen LogP contribution in [0.15, 0.2) is 30.6 Å². The van der Waals surface area contributed by atoms with Gasteiger partial charge in [-0.2, -0.15) is 0 Å². The lowest BCUT2D eigenvalue weighted by Gasteiger charge is -2.37. The van der Waals surface area contributed by atoms with E-state index in [1.54, 1.807) is 18.5 Å². The van der Waals surface area contributed by atoms with Crippen LogP contribution in [0.2, 0.25) is 0 Å². The van der Waals surface area contributed by atoms with Gasteiger partial charge < -0.3 is 14.2 Å². The van der Waals surface area contributed by atoms with E-state index >= 15 is 0 Å². The van der Waals surface area contributed by atoms with Crippen molar-refractivity contribution >= 4 is 5.91 Å². The minimum atomic E-state index is -0.298.